The number of nitrogens with zero attached hydrogens (tertiary/aromatic N) is 7. The van der Waals surface area contributed by atoms with Crippen LogP contribution in [0.1, 0.15) is 11.3 Å². The number of thiophene rings is 2. The molecule has 9 aromatic carbocycles. The second-order valence-electron chi connectivity index (χ2n) is 19.8. The molecule has 11 heteroatoms. The van der Waals surface area contributed by atoms with E-state index in [1.54, 1.807) is 12.4 Å². The molecule has 0 bridgehead atoms. The van der Waals surface area contributed by atoms with Gasteiger partial charge in [0.1, 0.15) is 17.7 Å². The third-order valence-corrected chi connectivity index (χ3v) is 18.0. The molecule has 0 saturated carbocycles. The fraction of sp³-hybridized carbons (Fsp3) is 0. The summed E-state index contributed by atoms with van der Waals surface area (Å²) in [5.41, 5.74) is 11.2. The van der Waals surface area contributed by atoms with Crippen molar-refractivity contribution in [1.82, 2.24) is 39.5 Å². The Bertz CT molecular complexity index is 5450. The second-order valence-corrected chi connectivity index (χ2v) is 22.6. The predicted molar refractivity (Wildman–Crippen MR) is 343 cm³/mol. The van der Waals surface area contributed by atoms with Gasteiger partial charge in [0, 0.05) is 102 Å². The first-order valence-electron chi connectivity index (χ1n) is 26.5. The summed E-state index contributed by atoms with van der Waals surface area (Å²) in [4.78, 5) is 31.6. The number of rotatable bonds is 3. The molecule has 0 spiro atoms. The molecule has 1 aliphatic carbocycles. The lowest BCUT2D eigenvalue weighted by Crippen LogP contribution is -2.04. The van der Waals surface area contributed by atoms with Crippen LogP contribution in [0.5, 0.6) is 0 Å². The molecule has 1 aliphatic rings. The number of nitrogens with one attached hydrogen (secondary N) is 1. The number of aromatic amines is 1. The summed E-state index contributed by atoms with van der Waals surface area (Å²) in [5.74, 6) is 0.627. The minimum absolute atomic E-state index is 0.558. The van der Waals surface area contributed by atoms with Crippen molar-refractivity contribution >= 4 is 167 Å². The van der Waals surface area contributed by atoms with Gasteiger partial charge in [-0.3, -0.25) is 9.55 Å². The van der Waals surface area contributed by atoms with Gasteiger partial charge in [0.25, 0.3) is 0 Å². The van der Waals surface area contributed by atoms with Gasteiger partial charge in [0.2, 0.25) is 5.95 Å². The van der Waals surface area contributed by atoms with Gasteiger partial charge in [0.15, 0.2) is 21.7 Å². The Morgan fingerprint density at radius 1 is 0.432 bits per heavy atom. The number of aromatic nitrogens is 8. The van der Waals surface area contributed by atoms with Crippen LogP contribution >= 0.6 is 38.6 Å². The molecule has 8 aromatic heterocycles. The summed E-state index contributed by atoms with van der Waals surface area (Å²) in [5, 5.41) is 16.1. The zero-order chi connectivity index (χ0) is 53.5. The Labute approximate surface area is 478 Å². The molecule has 0 aliphatic heterocycles. The van der Waals surface area contributed by atoms with Crippen LogP contribution in [0.15, 0.2) is 229 Å². The van der Waals surface area contributed by atoms with Gasteiger partial charge in [-0.25, -0.2) is 24.9 Å². The minimum atomic E-state index is 0.558. The third-order valence-electron chi connectivity index (χ3n) is 15.3. The quantitative estimate of drug-likeness (QED) is 0.140. The average molecular weight is 1140 g/mol. The minimum Gasteiger partial charge on any atom is -0.300 e. The van der Waals surface area contributed by atoms with E-state index in [9.17, 15) is 0 Å². The molecule has 0 atom stereocenters. The summed E-state index contributed by atoms with van der Waals surface area (Å²) in [6, 6.07) is 71.8. The van der Waals surface area contributed by atoms with E-state index in [0.29, 0.717) is 22.0 Å². The van der Waals surface area contributed by atoms with Crippen LogP contribution in [0.4, 0.5) is 0 Å². The van der Waals surface area contributed by atoms with E-state index in [4.69, 9.17) is 9.97 Å². The second kappa shape index (κ2) is 19.2. The average Bonchev–Trinajstić information content (AvgIpc) is 2.83. The molecule has 1 N–H and O–H groups in total. The Morgan fingerprint density at radius 2 is 0.938 bits per heavy atom. The predicted octanol–water partition coefficient (Wildman–Crippen LogP) is 19.3. The van der Waals surface area contributed by atoms with Crippen molar-refractivity contribution in [2.45, 2.75) is 0 Å². The van der Waals surface area contributed by atoms with Gasteiger partial charge >= 0.3 is 0 Å². The Morgan fingerprint density at radius 3 is 1.59 bits per heavy atom. The highest BCUT2D eigenvalue weighted by Gasteiger charge is 2.26. The fourth-order valence-corrected chi connectivity index (χ4v) is 14.8. The van der Waals surface area contributed by atoms with Crippen LogP contribution in [0, 0.1) is 6.08 Å². The molecule has 0 unspecified atom stereocenters. The number of para-hydroxylation sites is 1. The van der Waals surface area contributed by atoms with Gasteiger partial charge in [-0.2, -0.15) is 4.98 Å². The van der Waals surface area contributed by atoms with E-state index >= 15 is 0 Å². The number of fused-ring (bicyclic) bond motifs is 22. The summed E-state index contributed by atoms with van der Waals surface area (Å²) in [6.45, 7) is 0. The highest BCUT2D eigenvalue weighted by atomic mass is 79.9. The van der Waals surface area contributed by atoms with Crippen LogP contribution in [-0.2, 0) is 0 Å². The lowest BCUT2D eigenvalue weighted by molar-refractivity contribution is 1.01. The van der Waals surface area contributed by atoms with Crippen molar-refractivity contribution in [1.29, 1.82) is 0 Å². The molecule has 8 nitrogen and oxygen atoms in total. The highest BCUT2D eigenvalue weighted by Crippen LogP contribution is 2.49. The summed E-state index contributed by atoms with van der Waals surface area (Å²) < 4.78 is 8.13. The standard InChI is InChI=1S/C35H20N4S.C22H12NS.C13H8BrN3/c1-2-11-21(12-3-1)31-26-17-10-20-36-34(26)38-35(37-31)39-27-18-8-6-15-24(27)30-32(39)23-14-5-4-13-22(23)29-25-16-7-9-19-28(25)40-33(29)30;1-2-8-14-13(7-1)19-16-10-4-6-12-18(16)24-22(19)20-15-9-3-5-11-17(15)23-21(14)20;14-13-16-11(9-5-2-1-3-6-9)10-7-4-8-15-12(10)17-13/h1-20H;1-4,6-12,23H;1-8H/q;+1;. The van der Waals surface area contributed by atoms with Crippen LogP contribution in [-0.4, -0.2) is 39.5 Å². The molecule has 17 aromatic rings. The Balaban J connectivity index is 0.000000112. The van der Waals surface area contributed by atoms with Crippen molar-refractivity contribution in [3.63, 3.8) is 0 Å². The number of hydrogen-bond donors (Lipinski definition) is 1. The number of halogens is 1. The Kier molecular flexibility index (Phi) is 11.2. The molecule has 0 amide bonds. The lowest BCUT2D eigenvalue weighted by Gasteiger charge is -2.12. The number of H-pyrrole nitrogens is 1. The fourth-order valence-electron chi connectivity index (χ4n) is 11.9. The van der Waals surface area contributed by atoms with Crippen molar-refractivity contribution in [3.8, 4) is 28.5 Å². The maximum Gasteiger partial charge on any atom is 0.237 e. The number of benzene rings is 9. The van der Waals surface area contributed by atoms with Crippen molar-refractivity contribution in [2.75, 3.05) is 0 Å². The molecule has 0 fully saturated rings. The van der Waals surface area contributed by atoms with Crippen LogP contribution in [0.2, 0.25) is 0 Å². The third kappa shape index (κ3) is 7.66. The monoisotopic (exact) mass is 1140 g/mol. The molecule has 0 saturated heterocycles. The summed E-state index contributed by atoms with van der Waals surface area (Å²) in [7, 11) is 0. The first-order valence-corrected chi connectivity index (χ1v) is 29.0. The van der Waals surface area contributed by atoms with Crippen LogP contribution in [0.25, 0.3) is 157 Å². The number of allylic oxidation sites excluding steroid dienone is 2. The summed E-state index contributed by atoms with van der Waals surface area (Å²) in [6.07, 6.45) is 12.9. The van der Waals surface area contributed by atoms with Crippen LogP contribution < -0.4 is 0 Å². The SMILES string of the molecule is Brc1nc(-c2ccccc2)c2cccnc2n1.[C+]1=Cc2[nH]c3c4ccccc4c4c5ccccc5sc4c3c2C=C1.c1ccc(-c2nc(-n3c4ccccc4c4c5sc6ccccc6c5c5ccccc5c43)nc3ncccc23)cc1. The van der Waals surface area contributed by atoms with Crippen molar-refractivity contribution < 1.29 is 0 Å². The molecule has 8 heterocycles. The van der Waals surface area contributed by atoms with Crippen molar-refractivity contribution in [2.24, 2.45) is 0 Å². The molecular formula is C70H40BrN8S2+. The molecule has 18 rings (SSSR count). The van der Waals surface area contributed by atoms with E-state index in [-0.39, 0.29) is 0 Å². The summed E-state index contributed by atoms with van der Waals surface area (Å²) >= 11 is 7.08. The Hall–Kier alpha value is -9.87. The molecular weight excluding hydrogens is 1100 g/mol. The maximum atomic E-state index is 5.26. The molecule has 0 radical (unpaired) electrons. The van der Waals surface area contributed by atoms with E-state index < -0.39 is 0 Å². The molecule has 378 valence electrons. The van der Waals surface area contributed by atoms with Crippen molar-refractivity contribution in [3.05, 3.63) is 247 Å². The lowest BCUT2D eigenvalue weighted by atomic mass is 9.98. The normalized spacial score (nSPS) is 12.1. The van der Waals surface area contributed by atoms with E-state index in [1.165, 1.54) is 89.1 Å². The van der Waals surface area contributed by atoms with Gasteiger partial charge in [-0.05, 0) is 69.2 Å². The van der Waals surface area contributed by atoms with E-state index in [0.717, 1.165) is 50.0 Å². The largest absolute Gasteiger partial charge is 0.300 e. The zero-order valence-electron chi connectivity index (χ0n) is 42.8. The number of pyridine rings is 2. The van der Waals surface area contributed by atoms with Gasteiger partial charge in [-0.15, -0.1) is 22.7 Å². The maximum absolute atomic E-state index is 5.26. The topological polar surface area (TPSA) is 98.1 Å². The smallest absolute Gasteiger partial charge is 0.237 e. The first-order chi connectivity index (χ1) is 40.1. The van der Waals surface area contributed by atoms with Gasteiger partial charge in [-0.1, -0.05) is 164 Å². The number of hydrogen-bond acceptors (Lipinski definition) is 8. The van der Waals surface area contributed by atoms with Gasteiger partial charge in [0.05, 0.1) is 39.4 Å². The first kappa shape index (κ1) is 47.2. The van der Waals surface area contributed by atoms with Crippen LogP contribution in [0.3, 0.4) is 0 Å². The molecule has 81 heavy (non-hydrogen) atoms. The zero-order valence-corrected chi connectivity index (χ0v) is 46.1. The highest BCUT2D eigenvalue weighted by molar-refractivity contribution is 9.10. The van der Waals surface area contributed by atoms with Gasteiger partial charge < -0.3 is 0 Å². The van der Waals surface area contributed by atoms with E-state index in [1.807, 2.05) is 102 Å². The van der Waals surface area contributed by atoms with E-state index in [2.05, 4.69) is 197 Å².